The fraction of sp³-hybridized carbons (Fsp3) is 0.500. The Morgan fingerprint density at radius 3 is 2.25 bits per heavy atom. The highest BCUT2D eigenvalue weighted by atomic mass is 35.5. The molecule has 0 bridgehead atoms. The van der Waals surface area contributed by atoms with E-state index in [0.717, 1.165) is 6.08 Å². The Balaban J connectivity index is 3.51. The average Bonchev–Trinajstić information content (AvgIpc) is 1.65. The van der Waals surface area contributed by atoms with Gasteiger partial charge in [-0.1, -0.05) is 0 Å². The Morgan fingerprint density at radius 2 is 2.12 bits per heavy atom. The van der Waals surface area contributed by atoms with E-state index in [1.165, 1.54) is 0 Å². The highest BCUT2D eigenvalue weighted by Crippen LogP contribution is 2.01. The lowest BCUT2D eigenvalue weighted by atomic mass is 10.4. The zero-order valence-electron chi connectivity index (χ0n) is 4.01. The van der Waals surface area contributed by atoms with Gasteiger partial charge in [-0.15, -0.1) is 23.2 Å². The average molecular weight is 157 g/mol. The maximum atomic E-state index is 8.13. The van der Waals surface area contributed by atoms with E-state index in [1.807, 2.05) is 0 Å². The van der Waals surface area contributed by atoms with Gasteiger partial charge in [0.15, 0.2) is 0 Å². The molecule has 0 amide bonds. The number of allylic oxidation sites excluding steroid dienone is 1. The second kappa shape index (κ2) is 3.87. The summed E-state index contributed by atoms with van der Waals surface area (Å²) in [5.41, 5.74) is 0. The van der Waals surface area contributed by atoms with Gasteiger partial charge in [-0.2, -0.15) is 0 Å². The number of hydrogen-bond donors (Lipinski definition) is 2. The number of aliphatic hydroxyl groups is 2. The molecular weight excluding hydrogens is 151 g/mol. The third-order valence-electron chi connectivity index (χ3n) is 0.477. The lowest BCUT2D eigenvalue weighted by Crippen LogP contribution is -1.95. The van der Waals surface area contributed by atoms with Crippen molar-refractivity contribution < 1.29 is 10.2 Å². The molecule has 0 aromatic heterocycles. The summed E-state index contributed by atoms with van der Waals surface area (Å²) >= 11 is 10.5. The largest absolute Gasteiger partial charge is 0.481 e. The van der Waals surface area contributed by atoms with Gasteiger partial charge >= 0.3 is 0 Å². The van der Waals surface area contributed by atoms with E-state index in [1.54, 1.807) is 0 Å². The molecule has 0 saturated heterocycles. The van der Waals surface area contributed by atoms with Crippen LogP contribution in [0, 0.1) is 0 Å². The molecule has 0 aromatic rings. The van der Waals surface area contributed by atoms with Crippen molar-refractivity contribution in [1.82, 2.24) is 0 Å². The van der Waals surface area contributed by atoms with Crippen molar-refractivity contribution in [3.63, 3.8) is 0 Å². The molecule has 0 fully saturated rings. The molecule has 0 heterocycles. The van der Waals surface area contributed by atoms with E-state index >= 15 is 0 Å². The summed E-state index contributed by atoms with van der Waals surface area (Å²) in [7, 11) is 0. The molecule has 2 nitrogen and oxygen atoms in total. The first kappa shape index (κ1) is 7.92. The number of alkyl halides is 2. The molecule has 1 unspecified atom stereocenters. The van der Waals surface area contributed by atoms with Crippen LogP contribution in [0.4, 0.5) is 0 Å². The third kappa shape index (κ3) is 4.09. The summed E-state index contributed by atoms with van der Waals surface area (Å²) in [4.78, 5) is 0. The summed E-state index contributed by atoms with van der Waals surface area (Å²) in [6.45, 7) is 0. The summed E-state index contributed by atoms with van der Waals surface area (Å²) in [5.74, 6) is -0.614. The Hall–Kier alpha value is -0.0800. The van der Waals surface area contributed by atoms with Crippen molar-refractivity contribution in [1.29, 1.82) is 0 Å². The Morgan fingerprint density at radius 1 is 1.62 bits per heavy atom. The van der Waals surface area contributed by atoms with Crippen LogP contribution in [0.2, 0.25) is 0 Å². The quantitative estimate of drug-likeness (QED) is 0.473. The summed E-state index contributed by atoms with van der Waals surface area (Å²) in [5, 5.41) is 15.8. The van der Waals surface area contributed by atoms with Crippen molar-refractivity contribution in [2.24, 2.45) is 0 Å². The standard InChI is InChI=1S/C4H6Cl2O2/c5-2-3(6)1-4(7)8/h1,3,7-8H,2H2. The van der Waals surface area contributed by atoms with Gasteiger partial charge in [0.25, 0.3) is 5.95 Å². The first-order valence-electron chi connectivity index (χ1n) is 1.96. The van der Waals surface area contributed by atoms with Gasteiger partial charge in [-0.25, -0.2) is 0 Å². The normalized spacial score (nSPS) is 12.8. The molecule has 0 rings (SSSR count). The minimum Gasteiger partial charge on any atom is -0.481 e. The van der Waals surface area contributed by atoms with Gasteiger partial charge in [-0.3, -0.25) is 0 Å². The van der Waals surface area contributed by atoms with Crippen LogP contribution in [0.5, 0.6) is 0 Å². The van der Waals surface area contributed by atoms with Crippen LogP contribution < -0.4 is 0 Å². The Labute approximate surface area is 57.3 Å². The molecule has 48 valence electrons. The van der Waals surface area contributed by atoms with Crippen molar-refractivity contribution >= 4 is 23.2 Å². The Kier molecular flexibility index (Phi) is 3.83. The molecule has 1 atom stereocenters. The SMILES string of the molecule is OC(O)=CC(Cl)CCl. The van der Waals surface area contributed by atoms with Crippen LogP contribution in [-0.4, -0.2) is 21.5 Å². The maximum Gasteiger partial charge on any atom is 0.271 e. The topological polar surface area (TPSA) is 40.5 Å². The minimum atomic E-state index is -0.786. The highest BCUT2D eigenvalue weighted by molar-refractivity contribution is 6.28. The van der Waals surface area contributed by atoms with Crippen molar-refractivity contribution in [3.8, 4) is 0 Å². The number of aliphatic hydroxyl groups excluding tert-OH is 1. The predicted octanol–water partition coefficient (Wildman–Crippen LogP) is 1.79. The van der Waals surface area contributed by atoms with Gasteiger partial charge in [0, 0.05) is 12.0 Å². The molecule has 0 saturated carbocycles. The van der Waals surface area contributed by atoms with Crippen LogP contribution in [0.3, 0.4) is 0 Å². The minimum absolute atomic E-state index is 0.173. The molecular formula is C4H6Cl2O2. The second-order valence-corrected chi connectivity index (χ2v) is 2.06. The summed E-state index contributed by atoms with van der Waals surface area (Å²) < 4.78 is 0. The molecule has 0 aliphatic rings. The van der Waals surface area contributed by atoms with E-state index in [2.05, 4.69) is 0 Å². The molecule has 0 aromatic carbocycles. The van der Waals surface area contributed by atoms with Crippen molar-refractivity contribution in [3.05, 3.63) is 12.0 Å². The van der Waals surface area contributed by atoms with Crippen LogP contribution in [0.15, 0.2) is 12.0 Å². The fourth-order valence-electron chi connectivity index (χ4n) is 0.206. The smallest absolute Gasteiger partial charge is 0.271 e. The first-order valence-corrected chi connectivity index (χ1v) is 2.93. The molecule has 0 radical (unpaired) electrons. The van der Waals surface area contributed by atoms with E-state index in [9.17, 15) is 0 Å². The lowest BCUT2D eigenvalue weighted by Gasteiger charge is -1.93. The second-order valence-electron chi connectivity index (χ2n) is 1.20. The molecule has 0 spiro atoms. The number of rotatable bonds is 2. The van der Waals surface area contributed by atoms with Gasteiger partial charge in [0.05, 0.1) is 5.38 Å². The van der Waals surface area contributed by atoms with Gasteiger partial charge < -0.3 is 10.2 Å². The molecule has 0 aliphatic heterocycles. The maximum absolute atomic E-state index is 8.13. The molecule has 2 N–H and O–H groups in total. The summed E-state index contributed by atoms with van der Waals surface area (Å²) in [6, 6.07) is 0. The van der Waals surface area contributed by atoms with Crippen LogP contribution in [0.1, 0.15) is 0 Å². The van der Waals surface area contributed by atoms with E-state index < -0.39 is 11.3 Å². The van der Waals surface area contributed by atoms with E-state index in [0.29, 0.717) is 0 Å². The van der Waals surface area contributed by atoms with Gasteiger partial charge in [0.2, 0.25) is 0 Å². The van der Waals surface area contributed by atoms with Crippen LogP contribution >= 0.6 is 23.2 Å². The monoisotopic (exact) mass is 156 g/mol. The van der Waals surface area contributed by atoms with Crippen LogP contribution in [0.25, 0.3) is 0 Å². The highest BCUT2D eigenvalue weighted by Gasteiger charge is 1.97. The predicted molar refractivity (Wildman–Crippen MR) is 33.7 cm³/mol. The van der Waals surface area contributed by atoms with Gasteiger partial charge in [-0.05, 0) is 0 Å². The van der Waals surface area contributed by atoms with Gasteiger partial charge in [0.1, 0.15) is 0 Å². The lowest BCUT2D eigenvalue weighted by molar-refractivity contribution is 0.189. The number of hydrogen-bond acceptors (Lipinski definition) is 2. The van der Waals surface area contributed by atoms with Crippen molar-refractivity contribution in [2.75, 3.05) is 5.88 Å². The van der Waals surface area contributed by atoms with E-state index in [-0.39, 0.29) is 5.88 Å². The number of halogens is 2. The Bertz CT molecular complexity index is 88.0. The zero-order valence-corrected chi connectivity index (χ0v) is 5.52. The molecule has 0 aliphatic carbocycles. The fourth-order valence-corrected chi connectivity index (χ4v) is 0.408. The molecule has 8 heavy (non-hydrogen) atoms. The van der Waals surface area contributed by atoms with E-state index in [4.69, 9.17) is 33.4 Å². The summed E-state index contributed by atoms with van der Waals surface area (Å²) in [6.07, 6.45) is 1.05. The van der Waals surface area contributed by atoms with Crippen molar-refractivity contribution in [2.45, 2.75) is 5.38 Å². The first-order chi connectivity index (χ1) is 3.66. The third-order valence-corrected chi connectivity index (χ3v) is 1.25. The zero-order chi connectivity index (χ0) is 6.57. The molecule has 4 heteroatoms. The van der Waals surface area contributed by atoms with Crippen LogP contribution in [-0.2, 0) is 0 Å².